The van der Waals surface area contributed by atoms with E-state index in [1.807, 2.05) is 13.8 Å². The van der Waals surface area contributed by atoms with Crippen molar-refractivity contribution in [2.45, 2.75) is 26.3 Å². The Morgan fingerprint density at radius 2 is 1.67 bits per heavy atom. The lowest BCUT2D eigenvalue weighted by molar-refractivity contribution is -0.147. The highest BCUT2D eigenvalue weighted by atomic mass is 16.5. The Bertz CT molecular complexity index is 250. The zero-order valence-electron chi connectivity index (χ0n) is 11.7. The molecule has 0 rings (SSSR count). The number of carbonyl (C=O) groups excluding carboxylic acids is 2. The molecule has 0 aliphatic heterocycles. The van der Waals surface area contributed by atoms with E-state index < -0.39 is 11.8 Å². The van der Waals surface area contributed by atoms with Crippen molar-refractivity contribution in [2.75, 3.05) is 40.5 Å². The van der Waals surface area contributed by atoms with Crippen LogP contribution in [-0.2, 0) is 19.1 Å². The largest absolute Gasteiger partial charge is 0.383 e. The van der Waals surface area contributed by atoms with E-state index in [2.05, 4.69) is 5.32 Å². The predicted molar refractivity (Wildman–Crippen MR) is 68.2 cm³/mol. The summed E-state index contributed by atoms with van der Waals surface area (Å²) >= 11 is 0. The Morgan fingerprint density at radius 3 is 2.06 bits per heavy atom. The highest BCUT2D eigenvalue weighted by Crippen LogP contribution is 1.94. The molecule has 0 spiro atoms. The molecule has 2 amide bonds. The van der Waals surface area contributed by atoms with Gasteiger partial charge in [0.15, 0.2) is 0 Å². The summed E-state index contributed by atoms with van der Waals surface area (Å²) in [6.07, 6.45) is 0.787. The van der Waals surface area contributed by atoms with Gasteiger partial charge in [0.1, 0.15) is 0 Å². The molecule has 106 valence electrons. The van der Waals surface area contributed by atoms with Crippen LogP contribution in [0.15, 0.2) is 0 Å². The first-order valence-electron chi connectivity index (χ1n) is 6.14. The van der Waals surface area contributed by atoms with Gasteiger partial charge < -0.3 is 19.7 Å². The van der Waals surface area contributed by atoms with Crippen molar-refractivity contribution in [3.05, 3.63) is 0 Å². The van der Waals surface area contributed by atoms with Crippen molar-refractivity contribution in [1.29, 1.82) is 0 Å². The molecule has 18 heavy (non-hydrogen) atoms. The smallest absolute Gasteiger partial charge is 0.312 e. The molecule has 0 saturated heterocycles. The molecule has 0 bridgehead atoms. The molecule has 6 heteroatoms. The number of rotatable bonds is 8. The number of hydrogen-bond acceptors (Lipinski definition) is 4. The van der Waals surface area contributed by atoms with Gasteiger partial charge in [0.25, 0.3) is 0 Å². The Hall–Kier alpha value is -1.14. The van der Waals surface area contributed by atoms with Crippen molar-refractivity contribution in [3.8, 4) is 0 Å². The minimum atomic E-state index is -0.573. The molecule has 0 heterocycles. The number of nitrogens with one attached hydrogen (secondary N) is 1. The fraction of sp³-hybridized carbons (Fsp3) is 0.833. The fourth-order valence-corrected chi connectivity index (χ4v) is 1.25. The molecule has 0 radical (unpaired) electrons. The zero-order valence-corrected chi connectivity index (χ0v) is 11.7. The van der Waals surface area contributed by atoms with Gasteiger partial charge in [-0.3, -0.25) is 9.59 Å². The van der Waals surface area contributed by atoms with Crippen LogP contribution < -0.4 is 5.32 Å². The molecule has 6 nitrogen and oxygen atoms in total. The van der Waals surface area contributed by atoms with Gasteiger partial charge in [-0.15, -0.1) is 0 Å². The molecule has 1 N–H and O–H groups in total. The topological polar surface area (TPSA) is 67.9 Å². The number of amides is 2. The van der Waals surface area contributed by atoms with Crippen LogP contribution >= 0.6 is 0 Å². The van der Waals surface area contributed by atoms with Crippen molar-refractivity contribution in [3.63, 3.8) is 0 Å². The van der Waals surface area contributed by atoms with Crippen LogP contribution in [0.2, 0.25) is 0 Å². The van der Waals surface area contributed by atoms with Gasteiger partial charge in [-0.2, -0.15) is 0 Å². The lowest BCUT2D eigenvalue weighted by atomic mass is 10.2. The van der Waals surface area contributed by atoms with Gasteiger partial charge in [-0.25, -0.2) is 0 Å². The van der Waals surface area contributed by atoms with Gasteiger partial charge in [0, 0.05) is 33.4 Å². The van der Waals surface area contributed by atoms with Gasteiger partial charge >= 0.3 is 11.8 Å². The quantitative estimate of drug-likeness (QED) is 0.625. The normalized spacial score (nSPS) is 12.0. The van der Waals surface area contributed by atoms with Crippen LogP contribution in [0.3, 0.4) is 0 Å². The summed E-state index contributed by atoms with van der Waals surface area (Å²) in [6, 6.07) is -0.00634. The molecule has 0 aromatic rings. The third-order valence-electron chi connectivity index (χ3n) is 2.60. The van der Waals surface area contributed by atoms with Crippen LogP contribution in [0.5, 0.6) is 0 Å². The zero-order chi connectivity index (χ0) is 14.0. The van der Waals surface area contributed by atoms with E-state index in [0.29, 0.717) is 26.3 Å². The Morgan fingerprint density at radius 1 is 1.17 bits per heavy atom. The van der Waals surface area contributed by atoms with Crippen LogP contribution in [0.25, 0.3) is 0 Å². The number of ether oxygens (including phenoxy) is 2. The average molecular weight is 260 g/mol. The monoisotopic (exact) mass is 260 g/mol. The lowest BCUT2D eigenvalue weighted by Gasteiger charge is -2.22. The van der Waals surface area contributed by atoms with Gasteiger partial charge in [0.05, 0.1) is 13.2 Å². The van der Waals surface area contributed by atoms with Gasteiger partial charge in [0.2, 0.25) is 0 Å². The summed E-state index contributed by atoms with van der Waals surface area (Å²) in [5, 5.41) is 2.65. The average Bonchev–Trinajstić information content (AvgIpc) is 2.37. The van der Waals surface area contributed by atoms with Crippen LogP contribution in [0.1, 0.15) is 20.3 Å². The lowest BCUT2D eigenvalue weighted by Crippen LogP contribution is -2.47. The molecular formula is C12H24N2O4. The second-order valence-corrected chi connectivity index (χ2v) is 4.06. The molecule has 0 aromatic heterocycles. The van der Waals surface area contributed by atoms with E-state index in [1.54, 1.807) is 14.2 Å². The van der Waals surface area contributed by atoms with E-state index in [9.17, 15) is 9.59 Å². The van der Waals surface area contributed by atoms with Crippen LogP contribution in [-0.4, -0.2) is 63.3 Å². The first-order chi connectivity index (χ1) is 8.56. The maximum Gasteiger partial charge on any atom is 0.312 e. The Kier molecular flexibility index (Phi) is 9.22. The van der Waals surface area contributed by atoms with E-state index in [4.69, 9.17) is 9.47 Å². The minimum Gasteiger partial charge on any atom is -0.383 e. The second-order valence-electron chi connectivity index (χ2n) is 4.06. The highest BCUT2D eigenvalue weighted by molar-refractivity contribution is 6.35. The SMILES string of the molecule is CCC(C)NC(=O)C(=O)N(CCOC)CCOC. The maximum absolute atomic E-state index is 11.9. The molecule has 1 atom stereocenters. The summed E-state index contributed by atoms with van der Waals surface area (Å²) in [5.41, 5.74) is 0. The minimum absolute atomic E-state index is 0.00634. The van der Waals surface area contributed by atoms with E-state index in [-0.39, 0.29) is 6.04 Å². The number of carbonyl (C=O) groups is 2. The fourth-order valence-electron chi connectivity index (χ4n) is 1.25. The molecule has 0 saturated carbocycles. The first kappa shape index (κ1) is 16.9. The second kappa shape index (κ2) is 9.85. The Labute approximate surface area is 109 Å². The van der Waals surface area contributed by atoms with E-state index >= 15 is 0 Å². The molecular weight excluding hydrogens is 236 g/mol. The molecule has 1 unspecified atom stereocenters. The summed E-state index contributed by atoms with van der Waals surface area (Å²) in [6.45, 7) is 5.36. The predicted octanol–water partition coefficient (Wildman–Crippen LogP) is 0.0225. The summed E-state index contributed by atoms with van der Waals surface area (Å²) in [7, 11) is 3.11. The third-order valence-corrected chi connectivity index (χ3v) is 2.60. The summed E-state index contributed by atoms with van der Waals surface area (Å²) in [4.78, 5) is 25.0. The molecule has 0 aliphatic rings. The van der Waals surface area contributed by atoms with E-state index in [0.717, 1.165) is 6.42 Å². The third kappa shape index (κ3) is 6.56. The van der Waals surface area contributed by atoms with Crippen molar-refractivity contribution in [2.24, 2.45) is 0 Å². The van der Waals surface area contributed by atoms with Crippen molar-refractivity contribution < 1.29 is 19.1 Å². The van der Waals surface area contributed by atoms with Gasteiger partial charge in [-0.05, 0) is 13.3 Å². The highest BCUT2D eigenvalue weighted by Gasteiger charge is 2.22. The van der Waals surface area contributed by atoms with Crippen LogP contribution in [0.4, 0.5) is 0 Å². The van der Waals surface area contributed by atoms with Crippen molar-refractivity contribution >= 4 is 11.8 Å². The number of methoxy groups -OCH3 is 2. The molecule has 0 aliphatic carbocycles. The maximum atomic E-state index is 11.9. The summed E-state index contributed by atoms with van der Waals surface area (Å²) < 4.78 is 9.84. The standard InChI is InChI=1S/C12H24N2O4/c1-5-10(2)13-11(15)12(16)14(6-8-17-3)7-9-18-4/h10H,5-9H2,1-4H3,(H,13,15). The van der Waals surface area contributed by atoms with Crippen LogP contribution in [0, 0.1) is 0 Å². The van der Waals surface area contributed by atoms with Gasteiger partial charge in [-0.1, -0.05) is 6.92 Å². The van der Waals surface area contributed by atoms with Crippen molar-refractivity contribution in [1.82, 2.24) is 10.2 Å². The number of nitrogens with zero attached hydrogens (tertiary/aromatic N) is 1. The number of hydrogen-bond donors (Lipinski definition) is 1. The Balaban J connectivity index is 4.37. The molecule has 0 fully saturated rings. The first-order valence-corrected chi connectivity index (χ1v) is 6.14. The summed E-state index contributed by atoms with van der Waals surface area (Å²) in [5.74, 6) is -1.11. The molecule has 0 aromatic carbocycles. The van der Waals surface area contributed by atoms with E-state index in [1.165, 1.54) is 4.90 Å².